The van der Waals surface area contributed by atoms with E-state index in [-0.39, 0.29) is 0 Å². The molecule has 132 valence electrons. The molecule has 5 rings (SSSR count). The molecule has 0 atom stereocenters. The fourth-order valence-corrected chi connectivity index (χ4v) is 4.07. The number of benzene rings is 1. The molecule has 0 spiro atoms. The number of nitrogens with zero attached hydrogens (tertiary/aromatic N) is 4. The summed E-state index contributed by atoms with van der Waals surface area (Å²) in [6.07, 6.45) is 3.69. The first-order valence-electron chi connectivity index (χ1n) is 8.71. The molecule has 0 fully saturated rings. The maximum Gasteiger partial charge on any atom is 0.154 e. The normalized spacial score (nSPS) is 11.3. The van der Waals surface area contributed by atoms with E-state index in [9.17, 15) is 0 Å². The summed E-state index contributed by atoms with van der Waals surface area (Å²) >= 11 is 1.65. The highest BCUT2D eigenvalue weighted by Gasteiger charge is 2.12. The third-order valence-corrected chi connectivity index (χ3v) is 5.77. The number of aryl methyl sites for hydroxylation is 2. The second-order valence-corrected chi connectivity index (χ2v) is 7.60. The van der Waals surface area contributed by atoms with Crippen molar-refractivity contribution in [3.8, 4) is 10.6 Å². The summed E-state index contributed by atoms with van der Waals surface area (Å²) in [5, 5.41) is 9.28. The number of thiophene rings is 1. The molecule has 4 aromatic heterocycles. The van der Waals surface area contributed by atoms with Crippen molar-refractivity contribution in [2.24, 2.45) is 0 Å². The smallest absolute Gasteiger partial charge is 0.154 e. The SMILES string of the molecule is Cc1ccc(Nc2ccc3ncc(-c4cc5cccnc5s4)n3n2)cc1C. The highest BCUT2D eigenvalue weighted by atomic mass is 32.1. The Kier molecular flexibility index (Phi) is 3.65. The fourth-order valence-electron chi connectivity index (χ4n) is 3.07. The predicted octanol–water partition coefficient (Wildman–Crippen LogP) is 5.37. The van der Waals surface area contributed by atoms with Crippen LogP contribution in [0.25, 0.3) is 26.4 Å². The van der Waals surface area contributed by atoms with Crippen LogP contribution in [0.1, 0.15) is 11.1 Å². The van der Waals surface area contributed by atoms with Gasteiger partial charge in [-0.15, -0.1) is 16.4 Å². The van der Waals surface area contributed by atoms with Crippen LogP contribution in [0.5, 0.6) is 0 Å². The lowest BCUT2D eigenvalue weighted by molar-refractivity contribution is 0.950. The maximum atomic E-state index is 4.76. The molecule has 0 aliphatic rings. The summed E-state index contributed by atoms with van der Waals surface area (Å²) < 4.78 is 1.88. The standard InChI is InChI=1S/C21H17N5S/c1-13-5-6-16(10-14(13)2)24-19-7-8-20-23-12-17(26(20)25-19)18-11-15-4-3-9-22-21(15)27-18/h3-12H,1-2H3,(H,24,25). The molecule has 0 unspecified atom stereocenters. The molecule has 5 aromatic rings. The van der Waals surface area contributed by atoms with Gasteiger partial charge in [-0.05, 0) is 61.4 Å². The molecule has 1 N–H and O–H groups in total. The van der Waals surface area contributed by atoms with Crippen LogP contribution in [0, 0.1) is 13.8 Å². The van der Waals surface area contributed by atoms with E-state index < -0.39 is 0 Å². The first-order valence-corrected chi connectivity index (χ1v) is 9.53. The number of pyridine rings is 1. The number of imidazole rings is 1. The van der Waals surface area contributed by atoms with Crippen molar-refractivity contribution in [2.75, 3.05) is 5.32 Å². The molecule has 0 saturated heterocycles. The van der Waals surface area contributed by atoms with Gasteiger partial charge in [0.2, 0.25) is 0 Å². The van der Waals surface area contributed by atoms with Gasteiger partial charge >= 0.3 is 0 Å². The summed E-state index contributed by atoms with van der Waals surface area (Å²) in [5.41, 5.74) is 5.34. The van der Waals surface area contributed by atoms with Gasteiger partial charge in [-0.2, -0.15) is 0 Å². The molecule has 0 aliphatic carbocycles. The average molecular weight is 371 g/mol. The van der Waals surface area contributed by atoms with Crippen LogP contribution in [0.15, 0.2) is 60.9 Å². The number of nitrogens with one attached hydrogen (secondary N) is 1. The topological polar surface area (TPSA) is 55.1 Å². The molecule has 0 amide bonds. The van der Waals surface area contributed by atoms with Crippen LogP contribution >= 0.6 is 11.3 Å². The molecule has 0 aliphatic heterocycles. The molecular formula is C21H17N5S. The summed E-state index contributed by atoms with van der Waals surface area (Å²) in [6, 6.07) is 16.4. The lowest BCUT2D eigenvalue weighted by atomic mass is 10.1. The molecule has 4 heterocycles. The van der Waals surface area contributed by atoms with Crippen molar-refractivity contribution < 1.29 is 0 Å². The van der Waals surface area contributed by atoms with Crippen molar-refractivity contribution in [3.63, 3.8) is 0 Å². The van der Waals surface area contributed by atoms with Gasteiger partial charge in [0.05, 0.1) is 11.1 Å². The van der Waals surface area contributed by atoms with Gasteiger partial charge in [0.1, 0.15) is 10.5 Å². The lowest BCUT2D eigenvalue weighted by Crippen LogP contribution is -2.00. The number of aromatic nitrogens is 4. The van der Waals surface area contributed by atoms with Crippen molar-refractivity contribution in [1.82, 2.24) is 19.6 Å². The van der Waals surface area contributed by atoms with E-state index in [1.54, 1.807) is 11.3 Å². The van der Waals surface area contributed by atoms with Crippen molar-refractivity contribution >= 4 is 38.7 Å². The summed E-state index contributed by atoms with van der Waals surface area (Å²) in [5.74, 6) is 0.782. The van der Waals surface area contributed by atoms with Gasteiger partial charge in [-0.25, -0.2) is 14.5 Å². The zero-order valence-electron chi connectivity index (χ0n) is 15.0. The number of anilines is 2. The van der Waals surface area contributed by atoms with Gasteiger partial charge in [-0.3, -0.25) is 0 Å². The lowest BCUT2D eigenvalue weighted by Gasteiger charge is -2.08. The van der Waals surface area contributed by atoms with Crippen LogP contribution in [0.4, 0.5) is 11.5 Å². The van der Waals surface area contributed by atoms with Crippen LogP contribution in [0.2, 0.25) is 0 Å². The van der Waals surface area contributed by atoms with Crippen LogP contribution in [-0.2, 0) is 0 Å². The van der Waals surface area contributed by atoms with Crippen LogP contribution in [-0.4, -0.2) is 19.6 Å². The third kappa shape index (κ3) is 2.84. The Balaban J connectivity index is 1.56. The highest BCUT2D eigenvalue weighted by Crippen LogP contribution is 2.32. The second-order valence-electron chi connectivity index (χ2n) is 6.56. The number of fused-ring (bicyclic) bond motifs is 2. The van der Waals surface area contributed by atoms with Crippen LogP contribution in [0.3, 0.4) is 0 Å². The molecule has 0 bridgehead atoms. The minimum Gasteiger partial charge on any atom is -0.339 e. The van der Waals surface area contributed by atoms with E-state index in [0.717, 1.165) is 37.9 Å². The first-order chi connectivity index (χ1) is 13.2. The van der Waals surface area contributed by atoms with E-state index in [0.29, 0.717) is 0 Å². The number of hydrogen-bond acceptors (Lipinski definition) is 5. The van der Waals surface area contributed by atoms with Crippen molar-refractivity contribution in [2.45, 2.75) is 13.8 Å². The predicted molar refractivity (Wildman–Crippen MR) is 111 cm³/mol. The largest absolute Gasteiger partial charge is 0.339 e. The number of rotatable bonds is 3. The Morgan fingerprint density at radius 1 is 0.963 bits per heavy atom. The Morgan fingerprint density at radius 3 is 2.74 bits per heavy atom. The van der Waals surface area contributed by atoms with Gasteiger partial charge in [0.25, 0.3) is 0 Å². The summed E-state index contributed by atoms with van der Waals surface area (Å²) in [4.78, 5) is 11.1. The number of hydrogen-bond donors (Lipinski definition) is 1. The monoisotopic (exact) mass is 371 g/mol. The third-order valence-electron chi connectivity index (χ3n) is 4.69. The summed E-state index contributed by atoms with van der Waals surface area (Å²) in [6.45, 7) is 4.22. The quantitative estimate of drug-likeness (QED) is 0.463. The van der Waals surface area contributed by atoms with Crippen LogP contribution < -0.4 is 5.32 Å². The highest BCUT2D eigenvalue weighted by molar-refractivity contribution is 7.21. The second kappa shape index (κ2) is 6.17. The van der Waals surface area contributed by atoms with E-state index in [4.69, 9.17) is 5.10 Å². The van der Waals surface area contributed by atoms with Gasteiger partial charge < -0.3 is 5.32 Å². The summed E-state index contributed by atoms with van der Waals surface area (Å²) in [7, 11) is 0. The Morgan fingerprint density at radius 2 is 1.89 bits per heavy atom. The van der Waals surface area contributed by atoms with Gasteiger partial charge in [0.15, 0.2) is 11.5 Å². The van der Waals surface area contributed by atoms with E-state index >= 15 is 0 Å². The fraction of sp³-hybridized carbons (Fsp3) is 0.0952. The Hall–Kier alpha value is -3.25. The maximum absolute atomic E-state index is 4.76. The molecule has 27 heavy (non-hydrogen) atoms. The zero-order chi connectivity index (χ0) is 18.4. The first kappa shape index (κ1) is 16.0. The average Bonchev–Trinajstić information content (AvgIpc) is 3.28. The van der Waals surface area contributed by atoms with Gasteiger partial charge in [0, 0.05) is 17.3 Å². The molecule has 1 aromatic carbocycles. The zero-order valence-corrected chi connectivity index (χ0v) is 15.8. The minimum atomic E-state index is 0.782. The van der Waals surface area contributed by atoms with Gasteiger partial charge in [-0.1, -0.05) is 12.1 Å². The van der Waals surface area contributed by atoms with Crippen molar-refractivity contribution in [1.29, 1.82) is 0 Å². The van der Waals surface area contributed by atoms with E-state index in [1.165, 1.54) is 11.1 Å². The molecule has 5 nitrogen and oxygen atoms in total. The van der Waals surface area contributed by atoms with E-state index in [2.05, 4.69) is 59.5 Å². The molecular weight excluding hydrogens is 354 g/mol. The molecule has 6 heteroatoms. The van der Waals surface area contributed by atoms with Crippen molar-refractivity contribution in [3.05, 3.63) is 72.1 Å². The Labute approximate surface area is 160 Å². The molecule has 0 radical (unpaired) electrons. The van der Waals surface area contributed by atoms with E-state index in [1.807, 2.05) is 35.1 Å². The Bertz CT molecular complexity index is 1250. The minimum absolute atomic E-state index is 0.782. The molecule has 0 saturated carbocycles.